The van der Waals surface area contributed by atoms with Gasteiger partial charge in [0.2, 0.25) is 11.2 Å². The van der Waals surface area contributed by atoms with E-state index in [1.54, 1.807) is 54.6 Å². The lowest BCUT2D eigenvalue weighted by Crippen LogP contribution is -2.14. The van der Waals surface area contributed by atoms with Gasteiger partial charge in [-0.1, -0.05) is 29.8 Å². The maximum atomic E-state index is 13.5. The minimum Gasteiger partial charge on any atom is -0.493 e. The van der Waals surface area contributed by atoms with Crippen LogP contribution in [0, 0.1) is 13.8 Å². The number of esters is 1. The molecule has 0 fully saturated rings. The number of benzene rings is 3. The van der Waals surface area contributed by atoms with E-state index >= 15 is 0 Å². The fourth-order valence-electron chi connectivity index (χ4n) is 3.77. The molecule has 0 aliphatic rings. The minimum atomic E-state index is -0.724. The number of carbonyl (C=O) groups excluding carboxylic acids is 1. The van der Waals surface area contributed by atoms with Crippen molar-refractivity contribution < 1.29 is 23.4 Å². The lowest BCUT2D eigenvalue weighted by Gasteiger charge is -2.13. The number of hydrogen-bond acceptors (Lipinski definition) is 6. The summed E-state index contributed by atoms with van der Waals surface area (Å²) < 4.78 is 22.5. The average Bonchev–Trinajstić information content (AvgIpc) is 2.85. The van der Waals surface area contributed by atoms with Gasteiger partial charge in [0.1, 0.15) is 5.58 Å². The molecule has 1 heterocycles. The maximum Gasteiger partial charge on any atom is 0.336 e. The smallest absolute Gasteiger partial charge is 0.336 e. The first-order valence-electron chi connectivity index (χ1n) is 10.8. The van der Waals surface area contributed by atoms with Crippen LogP contribution in [0.25, 0.3) is 28.4 Å². The molecule has 0 aliphatic carbocycles. The molecular formula is C28H23ClO6. The van der Waals surface area contributed by atoms with E-state index in [1.807, 2.05) is 19.9 Å². The minimum absolute atomic E-state index is 0.114. The van der Waals surface area contributed by atoms with Gasteiger partial charge in [0, 0.05) is 16.7 Å². The standard InChI is InChI=1S/C28H23ClO6/c1-16-13-17(2)26-21(14-16)25(31)28(34-24(30)12-7-18-5-9-20(29)10-6-18)27(35-26)19-8-11-22(32-3)23(15-19)33-4/h5-15H,1-4H3. The van der Waals surface area contributed by atoms with Crippen LogP contribution in [0.15, 0.2) is 69.9 Å². The molecule has 7 heteroatoms. The lowest BCUT2D eigenvalue weighted by molar-refractivity contribution is -0.129. The number of hydrogen-bond donors (Lipinski definition) is 0. The van der Waals surface area contributed by atoms with Gasteiger partial charge in [0.05, 0.1) is 19.6 Å². The Morgan fingerprint density at radius 1 is 0.943 bits per heavy atom. The van der Waals surface area contributed by atoms with E-state index < -0.39 is 11.4 Å². The van der Waals surface area contributed by atoms with Crippen LogP contribution in [0.4, 0.5) is 0 Å². The summed E-state index contributed by atoms with van der Waals surface area (Å²) >= 11 is 5.91. The third-order valence-electron chi connectivity index (χ3n) is 5.41. The molecule has 4 aromatic rings. The molecule has 35 heavy (non-hydrogen) atoms. The van der Waals surface area contributed by atoms with E-state index in [9.17, 15) is 9.59 Å². The Labute approximate surface area is 207 Å². The highest BCUT2D eigenvalue weighted by molar-refractivity contribution is 6.30. The molecule has 0 atom stereocenters. The first-order chi connectivity index (χ1) is 16.8. The molecule has 0 spiro atoms. The highest BCUT2D eigenvalue weighted by Crippen LogP contribution is 2.37. The first kappa shape index (κ1) is 24.1. The van der Waals surface area contributed by atoms with Crippen molar-refractivity contribution in [1.29, 1.82) is 0 Å². The van der Waals surface area contributed by atoms with E-state index in [2.05, 4.69) is 0 Å². The summed E-state index contributed by atoms with van der Waals surface area (Å²) in [5.74, 6) is 0.130. The quantitative estimate of drug-likeness (QED) is 0.231. The second kappa shape index (κ2) is 10.1. The normalized spacial score (nSPS) is 11.1. The number of carbonyl (C=O) groups is 1. The average molecular weight is 491 g/mol. The van der Waals surface area contributed by atoms with Crippen molar-refractivity contribution in [2.24, 2.45) is 0 Å². The van der Waals surface area contributed by atoms with Crippen molar-refractivity contribution in [3.8, 4) is 28.6 Å². The molecule has 1 aromatic heterocycles. The predicted octanol–water partition coefficient (Wildman–Crippen LogP) is 6.37. The van der Waals surface area contributed by atoms with Crippen molar-refractivity contribution in [3.05, 3.63) is 92.6 Å². The SMILES string of the molecule is COc1ccc(-c2oc3c(C)cc(C)cc3c(=O)c2OC(=O)C=Cc2ccc(Cl)cc2)cc1OC. The summed E-state index contributed by atoms with van der Waals surface area (Å²) in [6.45, 7) is 3.74. The molecule has 3 aromatic carbocycles. The molecule has 0 saturated carbocycles. The maximum absolute atomic E-state index is 13.5. The fraction of sp³-hybridized carbons (Fsp3) is 0.143. The van der Waals surface area contributed by atoms with E-state index in [0.29, 0.717) is 33.1 Å². The highest BCUT2D eigenvalue weighted by atomic mass is 35.5. The number of fused-ring (bicyclic) bond motifs is 1. The second-order valence-electron chi connectivity index (χ2n) is 7.92. The van der Waals surface area contributed by atoms with Crippen LogP contribution in [0.2, 0.25) is 5.02 Å². The van der Waals surface area contributed by atoms with Gasteiger partial charge in [-0.25, -0.2) is 4.79 Å². The molecule has 0 N–H and O–H groups in total. The van der Waals surface area contributed by atoms with Crippen molar-refractivity contribution >= 4 is 34.6 Å². The van der Waals surface area contributed by atoms with E-state index in [-0.39, 0.29) is 11.5 Å². The van der Waals surface area contributed by atoms with E-state index in [0.717, 1.165) is 16.7 Å². The van der Waals surface area contributed by atoms with Crippen LogP contribution in [0.3, 0.4) is 0 Å². The summed E-state index contributed by atoms with van der Waals surface area (Å²) in [5, 5.41) is 0.917. The molecule has 0 radical (unpaired) electrons. The van der Waals surface area contributed by atoms with E-state index in [4.69, 9.17) is 30.2 Å². The molecule has 178 valence electrons. The Kier molecular flexibility index (Phi) is 6.94. The molecule has 0 saturated heterocycles. The molecule has 0 unspecified atom stereocenters. The Morgan fingerprint density at radius 2 is 1.66 bits per heavy atom. The number of rotatable bonds is 6. The van der Waals surface area contributed by atoms with Crippen LogP contribution >= 0.6 is 11.6 Å². The largest absolute Gasteiger partial charge is 0.493 e. The van der Waals surface area contributed by atoms with Crippen LogP contribution in [0.1, 0.15) is 16.7 Å². The van der Waals surface area contributed by atoms with Crippen molar-refractivity contribution in [2.75, 3.05) is 14.2 Å². The Morgan fingerprint density at radius 3 is 2.34 bits per heavy atom. The lowest BCUT2D eigenvalue weighted by atomic mass is 10.0. The topological polar surface area (TPSA) is 75.0 Å². The third kappa shape index (κ3) is 5.08. The van der Waals surface area contributed by atoms with Crippen LogP contribution in [-0.4, -0.2) is 20.2 Å². The van der Waals surface area contributed by atoms with Gasteiger partial charge in [-0.15, -0.1) is 0 Å². The molecule has 6 nitrogen and oxygen atoms in total. The molecule has 0 amide bonds. The van der Waals surface area contributed by atoms with Gasteiger partial charge >= 0.3 is 5.97 Å². The molecule has 0 bridgehead atoms. The van der Waals surface area contributed by atoms with Crippen molar-refractivity contribution in [1.82, 2.24) is 0 Å². The Bertz CT molecular complexity index is 1500. The molecule has 0 aliphatic heterocycles. The summed E-state index contributed by atoms with van der Waals surface area (Å²) in [7, 11) is 3.03. The monoisotopic (exact) mass is 490 g/mol. The Hall–Kier alpha value is -4.03. The van der Waals surface area contributed by atoms with Gasteiger partial charge in [-0.2, -0.15) is 0 Å². The van der Waals surface area contributed by atoms with Gasteiger partial charge in [0.15, 0.2) is 17.3 Å². The number of methoxy groups -OCH3 is 2. The first-order valence-corrected chi connectivity index (χ1v) is 11.1. The highest BCUT2D eigenvalue weighted by Gasteiger charge is 2.22. The van der Waals surface area contributed by atoms with Crippen LogP contribution < -0.4 is 19.6 Å². The van der Waals surface area contributed by atoms with Crippen LogP contribution in [-0.2, 0) is 4.79 Å². The zero-order valence-electron chi connectivity index (χ0n) is 19.7. The second-order valence-corrected chi connectivity index (χ2v) is 8.36. The van der Waals surface area contributed by atoms with Crippen molar-refractivity contribution in [2.45, 2.75) is 13.8 Å². The molecular weight excluding hydrogens is 468 g/mol. The fourth-order valence-corrected chi connectivity index (χ4v) is 3.89. The third-order valence-corrected chi connectivity index (χ3v) is 5.66. The van der Waals surface area contributed by atoms with Gasteiger partial charge < -0.3 is 18.6 Å². The summed E-state index contributed by atoms with van der Waals surface area (Å²) in [5.41, 5.74) is 2.90. The summed E-state index contributed by atoms with van der Waals surface area (Å²) in [4.78, 5) is 26.2. The molecule has 4 rings (SSSR count). The predicted molar refractivity (Wildman–Crippen MR) is 137 cm³/mol. The Balaban J connectivity index is 1.84. The van der Waals surface area contributed by atoms with Crippen molar-refractivity contribution in [3.63, 3.8) is 0 Å². The number of aryl methyl sites for hydroxylation is 2. The number of halogens is 1. The van der Waals surface area contributed by atoms with Gasteiger partial charge in [0.25, 0.3) is 0 Å². The summed E-state index contributed by atoms with van der Waals surface area (Å²) in [6, 6.07) is 15.6. The summed E-state index contributed by atoms with van der Waals surface area (Å²) in [6.07, 6.45) is 2.82. The van der Waals surface area contributed by atoms with Gasteiger partial charge in [-0.3, -0.25) is 4.79 Å². The van der Waals surface area contributed by atoms with Gasteiger partial charge in [-0.05, 0) is 73.0 Å². The zero-order valence-corrected chi connectivity index (χ0v) is 20.4. The zero-order chi connectivity index (χ0) is 25.1. The van der Waals surface area contributed by atoms with E-state index in [1.165, 1.54) is 20.3 Å². The number of ether oxygens (including phenoxy) is 3. The van der Waals surface area contributed by atoms with Crippen LogP contribution in [0.5, 0.6) is 17.2 Å².